The van der Waals surface area contributed by atoms with Gasteiger partial charge >= 0.3 is 11.8 Å². The van der Waals surface area contributed by atoms with Crippen molar-refractivity contribution < 1.29 is 14.4 Å². The van der Waals surface area contributed by atoms with Gasteiger partial charge in [-0.3, -0.25) is 14.4 Å². The first-order valence-corrected chi connectivity index (χ1v) is 10.2. The molecule has 160 valence electrons. The summed E-state index contributed by atoms with van der Waals surface area (Å²) in [7, 11) is 0. The number of amides is 3. The van der Waals surface area contributed by atoms with Crippen LogP contribution in [0.1, 0.15) is 24.2 Å². The molecule has 9 heteroatoms. The Hall–Kier alpha value is -3.75. The van der Waals surface area contributed by atoms with E-state index in [2.05, 4.69) is 15.4 Å². The third-order valence-corrected chi connectivity index (χ3v) is 5.17. The van der Waals surface area contributed by atoms with Gasteiger partial charge in [-0.2, -0.15) is 5.10 Å². The molecular weight excluding hydrogens is 396 g/mol. The molecule has 9 nitrogen and oxygen atoms in total. The van der Waals surface area contributed by atoms with Crippen molar-refractivity contribution in [1.29, 1.82) is 0 Å². The molecule has 1 N–H and O–H groups in total. The largest absolute Gasteiger partial charge is 0.346 e. The van der Waals surface area contributed by atoms with Crippen LogP contribution in [-0.2, 0) is 9.59 Å². The van der Waals surface area contributed by atoms with Crippen molar-refractivity contribution in [2.24, 2.45) is 0 Å². The Morgan fingerprint density at radius 1 is 0.968 bits per heavy atom. The van der Waals surface area contributed by atoms with Gasteiger partial charge in [-0.15, -0.1) is 0 Å². The summed E-state index contributed by atoms with van der Waals surface area (Å²) >= 11 is 0. The van der Waals surface area contributed by atoms with Crippen LogP contribution in [0.5, 0.6) is 0 Å². The number of nitrogens with zero attached hydrogens (tertiary/aromatic N) is 5. The second kappa shape index (κ2) is 8.55. The van der Waals surface area contributed by atoms with E-state index >= 15 is 0 Å². The molecule has 4 rings (SSSR count). The number of benzene rings is 1. The minimum atomic E-state index is -0.616. The number of piperazine rings is 1. The molecule has 3 amide bonds. The van der Waals surface area contributed by atoms with Gasteiger partial charge in [0.2, 0.25) is 0 Å². The van der Waals surface area contributed by atoms with Crippen molar-refractivity contribution in [3.05, 3.63) is 54.4 Å². The van der Waals surface area contributed by atoms with Crippen LogP contribution in [0.4, 0.5) is 0 Å². The molecule has 1 fully saturated rings. The smallest absolute Gasteiger partial charge is 0.312 e. The highest BCUT2D eigenvalue weighted by atomic mass is 16.2. The monoisotopic (exact) mass is 420 g/mol. The van der Waals surface area contributed by atoms with Gasteiger partial charge in [0.15, 0.2) is 5.65 Å². The summed E-state index contributed by atoms with van der Waals surface area (Å²) in [6.45, 7) is 4.89. The fraction of sp³-hybridized carbons (Fsp3) is 0.318. The molecule has 1 aliphatic heterocycles. The topological polar surface area (TPSA) is 99.9 Å². The first-order chi connectivity index (χ1) is 15.0. The number of hydrogen-bond acceptors (Lipinski definition) is 5. The molecule has 0 unspecified atom stereocenters. The second-order valence-corrected chi connectivity index (χ2v) is 7.70. The molecule has 0 atom stereocenters. The van der Waals surface area contributed by atoms with Gasteiger partial charge in [0.25, 0.3) is 5.91 Å². The molecule has 0 saturated carbocycles. The lowest BCUT2D eigenvalue weighted by atomic mass is 10.1. The number of rotatable bonds is 3. The zero-order chi connectivity index (χ0) is 22.0. The molecule has 0 bridgehead atoms. The van der Waals surface area contributed by atoms with E-state index in [0.717, 1.165) is 11.3 Å². The van der Waals surface area contributed by atoms with Crippen LogP contribution in [0.3, 0.4) is 0 Å². The van der Waals surface area contributed by atoms with E-state index in [9.17, 15) is 14.4 Å². The van der Waals surface area contributed by atoms with Gasteiger partial charge in [-0.05, 0) is 19.9 Å². The highest BCUT2D eigenvalue weighted by Crippen LogP contribution is 2.21. The second-order valence-electron chi connectivity index (χ2n) is 7.70. The first kappa shape index (κ1) is 20.5. The van der Waals surface area contributed by atoms with Crippen molar-refractivity contribution in [2.45, 2.75) is 19.9 Å². The highest BCUT2D eigenvalue weighted by molar-refractivity contribution is 6.35. The van der Waals surface area contributed by atoms with Gasteiger partial charge in [-0.25, -0.2) is 9.50 Å². The van der Waals surface area contributed by atoms with Gasteiger partial charge in [0.1, 0.15) is 5.56 Å². The minimum absolute atomic E-state index is 0.108. The van der Waals surface area contributed by atoms with E-state index in [1.807, 2.05) is 36.4 Å². The number of carbonyl (C=O) groups excluding carboxylic acids is 3. The normalized spacial score (nSPS) is 14.2. The molecule has 3 aromatic rings. The van der Waals surface area contributed by atoms with E-state index in [1.165, 1.54) is 11.1 Å². The SMILES string of the molecule is CC(C)NC(=O)C(=O)N1CCN(C(=O)c2cnn3c(-c4ccccc4)ccnc23)CC1. The average molecular weight is 420 g/mol. The maximum atomic E-state index is 13.1. The summed E-state index contributed by atoms with van der Waals surface area (Å²) in [6, 6.07) is 11.5. The molecule has 0 aliphatic carbocycles. The Labute approximate surface area is 179 Å². The standard InChI is InChI=1S/C22H24N6O3/c1-15(2)25-20(29)22(31)27-12-10-26(11-13-27)21(30)17-14-24-28-18(8-9-23-19(17)28)16-6-4-3-5-7-16/h3-9,14-15H,10-13H2,1-2H3,(H,25,29). The Balaban J connectivity index is 1.49. The Morgan fingerprint density at radius 2 is 1.65 bits per heavy atom. The zero-order valence-electron chi connectivity index (χ0n) is 17.5. The number of hydrogen-bond donors (Lipinski definition) is 1. The van der Waals surface area contributed by atoms with Crippen molar-refractivity contribution in [1.82, 2.24) is 29.7 Å². The molecule has 2 aromatic heterocycles. The van der Waals surface area contributed by atoms with Crippen molar-refractivity contribution in [3.63, 3.8) is 0 Å². The zero-order valence-corrected chi connectivity index (χ0v) is 17.5. The maximum absolute atomic E-state index is 13.1. The summed E-state index contributed by atoms with van der Waals surface area (Å²) in [5.74, 6) is -1.37. The van der Waals surface area contributed by atoms with Crippen LogP contribution in [0.2, 0.25) is 0 Å². The number of aromatic nitrogens is 3. The molecule has 31 heavy (non-hydrogen) atoms. The molecule has 0 spiro atoms. The fourth-order valence-corrected chi connectivity index (χ4v) is 3.62. The lowest BCUT2D eigenvalue weighted by molar-refractivity contribution is -0.147. The number of fused-ring (bicyclic) bond motifs is 1. The number of nitrogens with one attached hydrogen (secondary N) is 1. The Morgan fingerprint density at radius 3 is 2.32 bits per heavy atom. The van der Waals surface area contributed by atoms with E-state index in [0.29, 0.717) is 37.4 Å². The molecular formula is C22H24N6O3. The predicted molar refractivity (Wildman–Crippen MR) is 114 cm³/mol. The highest BCUT2D eigenvalue weighted by Gasteiger charge is 2.29. The van der Waals surface area contributed by atoms with Crippen LogP contribution in [0, 0.1) is 0 Å². The third kappa shape index (κ3) is 4.11. The first-order valence-electron chi connectivity index (χ1n) is 10.2. The quantitative estimate of drug-likeness (QED) is 0.642. The Kier molecular flexibility index (Phi) is 5.66. The van der Waals surface area contributed by atoms with Crippen molar-refractivity contribution in [3.8, 4) is 11.3 Å². The van der Waals surface area contributed by atoms with Gasteiger partial charge in [-0.1, -0.05) is 30.3 Å². The minimum Gasteiger partial charge on any atom is -0.346 e. The summed E-state index contributed by atoms with van der Waals surface area (Å²) in [4.78, 5) is 44.9. The van der Waals surface area contributed by atoms with E-state index in [-0.39, 0.29) is 11.9 Å². The van der Waals surface area contributed by atoms with Gasteiger partial charge < -0.3 is 15.1 Å². The predicted octanol–water partition coefficient (Wildman–Crippen LogP) is 1.21. The maximum Gasteiger partial charge on any atom is 0.312 e. The van der Waals surface area contributed by atoms with Gasteiger partial charge in [0.05, 0.1) is 11.9 Å². The van der Waals surface area contributed by atoms with Crippen LogP contribution in [0.15, 0.2) is 48.8 Å². The molecule has 1 aromatic carbocycles. The van der Waals surface area contributed by atoms with Gasteiger partial charge in [0, 0.05) is 44.0 Å². The van der Waals surface area contributed by atoms with Crippen LogP contribution in [0.25, 0.3) is 16.9 Å². The Bertz CT molecular complexity index is 1120. The average Bonchev–Trinajstić information content (AvgIpc) is 3.22. The van der Waals surface area contributed by atoms with Crippen LogP contribution in [-0.4, -0.2) is 74.3 Å². The summed E-state index contributed by atoms with van der Waals surface area (Å²) in [6.07, 6.45) is 3.20. The van der Waals surface area contributed by atoms with Crippen LogP contribution >= 0.6 is 0 Å². The lowest BCUT2D eigenvalue weighted by Crippen LogP contribution is -2.54. The summed E-state index contributed by atoms with van der Waals surface area (Å²) in [5, 5.41) is 7.00. The van der Waals surface area contributed by atoms with Crippen molar-refractivity contribution in [2.75, 3.05) is 26.2 Å². The molecule has 0 radical (unpaired) electrons. The molecule has 3 heterocycles. The van der Waals surface area contributed by atoms with Crippen LogP contribution < -0.4 is 5.32 Å². The summed E-state index contributed by atoms with van der Waals surface area (Å²) in [5.41, 5.74) is 2.72. The fourth-order valence-electron chi connectivity index (χ4n) is 3.62. The van der Waals surface area contributed by atoms with E-state index in [1.54, 1.807) is 29.5 Å². The van der Waals surface area contributed by atoms with Crippen molar-refractivity contribution >= 4 is 23.4 Å². The van der Waals surface area contributed by atoms with E-state index in [4.69, 9.17) is 0 Å². The number of carbonyl (C=O) groups is 3. The molecule has 1 aliphatic rings. The molecule has 1 saturated heterocycles. The van der Waals surface area contributed by atoms with E-state index < -0.39 is 11.8 Å². The third-order valence-electron chi connectivity index (χ3n) is 5.17. The summed E-state index contributed by atoms with van der Waals surface area (Å²) < 4.78 is 1.67. The lowest BCUT2D eigenvalue weighted by Gasteiger charge is -2.34.